The van der Waals surface area contributed by atoms with Gasteiger partial charge in [0.25, 0.3) is 0 Å². The van der Waals surface area contributed by atoms with Crippen molar-refractivity contribution in [3.8, 4) is 5.75 Å². The molecule has 0 aliphatic carbocycles. The van der Waals surface area contributed by atoms with Crippen molar-refractivity contribution in [3.05, 3.63) is 18.2 Å². The summed E-state index contributed by atoms with van der Waals surface area (Å²) in [6.45, 7) is 6.11. The molecule has 3 heteroatoms. The zero-order valence-corrected chi connectivity index (χ0v) is 9.58. The van der Waals surface area contributed by atoms with Gasteiger partial charge in [-0.3, -0.25) is 0 Å². The second-order valence-corrected chi connectivity index (χ2v) is 4.17. The van der Waals surface area contributed by atoms with Gasteiger partial charge in [-0.05, 0) is 26.0 Å². The summed E-state index contributed by atoms with van der Waals surface area (Å²) in [6, 6.07) is 6.18. The lowest BCUT2D eigenvalue weighted by atomic mass is 10.2. The highest BCUT2D eigenvalue weighted by Gasteiger charge is 2.17. The number of benzene rings is 1. The SMILES string of the molecule is CC(C)Oc1cccc2c1NCCN2C. The van der Waals surface area contributed by atoms with Gasteiger partial charge in [0.2, 0.25) is 0 Å². The standard InChI is InChI=1S/C12H18N2O/c1-9(2)15-11-6-4-5-10-12(11)13-7-8-14(10)3/h4-6,9,13H,7-8H2,1-3H3. The predicted molar refractivity (Wildman–Crippen MR) is 64.0 cm³/mol. The number of nitrogens with one attached hydrogen (secondary N) is 1. The molecular weight excluding hydrogens is 188 g/mol. The molecule has 0 aromatic heterocycles. The summed E-state index contributed by atoms with van der Waals surface area (Å²) in [7, 11) is 2.11. The molecule has 15 heavy (non-hydrogen) atoms. The van der Waals surface area contributed by atoms with Gasteiger partial charge < -0.3 is 15.0 Å². The maximum absolute atomic E-state index is 5.77. The fourth-order valence-electron chi connectivity index (χ4n) is 1.84. The van der Waals surface area contributed by atoms with Gasteiger partial charge in [0.05, 0.1) is 11.8 Å². The average Bonchev–Trinajstić information content (AvgIpc) is 2.19. The fraction of sp³-hybridized carbons (Fsp3) is 0.500. The van der Waals surface area contributed by atoms with Crippen LogP contribution in [0.1, 0.15) is 13.8 Å². The lowest BCUT2D eigenvalue weighted by Crippen LogP contribution is -2.30. The van der Waals surface area contributed by atoms with Crippen molar-refractivity contribution in [2.45, 2.75) is 20.0 Å². The van der Waals surface area contributed by atoms with Gasteiger partial charge in [0.15, 0.2) is 0 Å². The molecular formula is C12H18N2O. The van der Waals surface area contributed by atoms with Crippen molar-refractivity contribution < 1.29 is 4.74 Å². The Morgan fingerprint density at radius 3 is 2.93 bits per heavy atom. The summed E-state index contributed by atoms with van der Waals surface area (Å²) in [4.78, 5) is 2.25. The van der Waals surface area contributed by atoms with Crippen LogP contribution in [0.3, 0.4) is 0 Å². The predicted octanol–water partition coefficient (Wildman–Crippen LogP) is 2.34. The van der Waals surface area contributed by atoms with Gasteiger partial charge in [-0.15, -0.1) is 0 Å². The molecule has 1 heterocycles. The van der Waals surface area contributed by atoms with E-state index in [0.717, 1.165) is 24.5 Å². The first-order chi connectivity index (χ1) is 7.18. The summed E-state index contributed by atoms with van der Waals surface area (Å²) < 4.78 is 5.77. The van der Waals surface area contributed by atoms with E-state index in [1.807, 2.05) is 26.0 Å². The molecule has 1 aliphatic rings. The second-order valence-electron chi connectivity index (χ2n) is 4.17. The minimum absolute atomic E-state index is 0.213. The van der Waals surface area contributed by atoms with Crippen LogP contribution in [0.5, 0.6) is 5.75 Å². The molecule has 0 spiro atoms. The highest BCUT2D eigenvalue weighted by Crippen LogP contribution is 2.36. The van der Waals surface area contributed by atoms with Crippen LogP contribution in [-0.2, 0) is 0 Å². The smallest absolute Gasteiger partial charge is 0.144 e. The molecule has 1 aromatic rings. The van der Waals surface area contributed by atoms with Crippen LogP contribution in [0.25, 0.3) is 0 Å². The van der Waals surface area contributed by atoms with E-state index in [9.17, 15) is 0 Å². The van der Waals surface area contributed by atoms with Crippen LogP contribution in [0, 0.1) is 0 Å². The highest BCUT2D eigenvalue weighted by molar-refractivity contribution is 5.78. The molecule has 0 atom stereocenters. The van der Waals surface area contributed by atoms with Gasteiger partial charge in [-0.2, -0.15) is 0 Å². The molecule has 0 saturated heterocycles. The zero-order valence-electron chi connectivity index (χ0n) is 9.58. The number of rotatable bonds is 2. The second kappa shape index (κ2) is 4.01. The Morgan fingerprint density at radius 1 is 1.40 bits per heavy atom. The van der Waals surface area contributed by atoms with E-state index in [-0.39, 0.29) is 6.10 Å². The lowest BCUT2D eigenvalue weighted by molar-refractivity contribution is 0.243. The Bertz CT molecular complexity index is 349. The van der Waals surface area contributed by atoms with Crippen molar-refractivity contribution in [1.29, 1.82) is 0 Å². The third kappa shape index (κ3) is 2.01. The summed E-state index contributed by atoms with van der Waals surface area (Å²) >= 11 is 0. The highest BCUT2D eigenvalue weighted by atomic mass is 16.5. The summed E-state index contributed by atoms with van der Waals surface area (Å²) in [5.74, 6) is 0.953. The third-order valence-corrected chi connectivity index (χ3v) is 2.53. The Labute approximate surface area is 91.0 Å². The van der Waals surface area contributed by atoms with Gasteiger partial charge in [-0.25, -0.2) is 0 Å². The van der Waals surface area contributed by atoms with Gasteiger partial charge in [-0.1, -0.05) is 6.07 Å². The Kier molecular flexibility index (Phi) is 2.71. The Balaban J connectivity index is 2.35. The first-order valence-corrected chi connectivity index (χ1v) is 5.43. The maximum atomic E-state index is 5.77. The molecule has 0 unspecified atom stereocenters. The van der Waals surface area contributed by atoms with Gasteiger partial charge >= 0.3 is 0 Å². The van der Waals surface area contributed by atoms with E-state index in [1.165, 1.54) is 5.69 Å². The number of likely N-dealkylation sites (N-methyl/N-ethyl adjacent to an activating group) is 1. The molecule has 0 fully saturated rings. The minimum Gasteiger partial charge on any atom is -0.489 e. The van der Waals surface area contributed by atoms with Crippen molar-refractivity contribution in [2.24, 2.45) is 0 Å². The van der Waals surface area contributed by atoms with Gasteiger partial charge in [0, 0.05) is 20.1 Å². The maximum Gasteiger partial charge on any atom is 0.144 e. The molecule has 1 N–H and O–H groups in total. The quantitative estimate of drug-likeness (QED) is 0.803. The first-order valence-electron chi connectivity index (χ1n) is 5.43. The number of hydrogen-bond donors (Lipinski definition) is 1. The van der Waals surface area contributed by atoms with E-state index in [0.29, 0.717) is 0 Å². The molecule has 0 radical (unpaired) electrons. The molecule has 0 bridgehead atoms. The van der Waals surface area contributed by atoms with Crippen LogP contribution >= 0.6 is 0 Å². The van der Waals surface area contributed by atoms with E-state index in [1.54, 1.807) is 0 Å². The van der Waals surface area contributed by atoms with E-state index in [4.69, 9.17) is 4.74 Å². The van der Waals surface area contributed by atoms with Crippen molar-refractivity contribution in [2.75, 3.05) is 30.4 Å². The number of hydrogen-bond acceptors (Lipinski definition) is 3. The van der Waals surface area contributed by atoms with Crippen LogP contribution in [-0.4, -0.2) is 26.2 Å². The van der Waals surface area contributed by atoms with Crippen LogP contribution < -0.4 is 15.0 Å². The van der Waals surface area contributed by atoms with E-state index in [2.05, 4.69) is 23.3 Å². The van der Waals surface area contributed by atoms with Gasteiger partial charge in [0.1, 0.15) is 11.4 Å². The van der Waals surface area contributed by atoms with E-state index >= 15 is 0 Å². The summed E-state index contributed by atoms with van der Waals surface area (Å²) in [6.07, 6.45) is 0.213. The molecule has 2 rings (SSSR count). The molecule has 1 aromatic carbocycles. The molecule has 0 saturated carbocycles. The van der Waals surface area contributed by atoms with Crippen LogP contribution in [0.15, 0.2) is 18.2 Å². The number of para-hydroxylation sites is 1. The first kappa shape index (κ1) is 10.1. The largest absolute Gasteiger partial charge is 0.489 e. The number of nitrogens with zero attached hydrogens (tertiary/aromatic N) is 1. The Hall–Kier alpha value is -1.38. The van der Waals surface area contributed by atoms with E-state index < -0.39 is 0 Å². The summed E-state index contributed by atoms with van der Waals surface area (Å²) in [5.41, 5.74) is 2.35. The zero-order chi connectivity index (χ0) is 10.8. The van der Waals surface area contributed by atoms with Crippen LogP contribution in [0.2, 0.25) is 0 Å². The number of ether oxygens (including phenoxy) is 1. The molecule has 3 nitrogen and oxygen atoms in total. The number of fused-ring (bicyclic) bond motifs is 1. The minimum atomic E-state index is 0.213. The van der Waals surface area contributed by atoms with Crippen molar-refractivity contribution >= 4 is 11.4 Å². The lowest BCUT2D eigenvalue weighted by Gasteiger charge is -2.30. The molecule has 82 valence electrons. The normalized spacial score (nSPS) is 14.8. The number of anilines is 2. The van der Waals surface area contributed by atoms with Crippen molar-refractivity contribution in [1.82, 2.24) is 0 Å². The topological polar surface area (TPSA) is 24.5 Å². The molecule has 1 aliphatic heterocycles. The van der Waals surface area contributed by atoms with Crippen LogP contribution in [0.4, 0.5) is 11.4 Å². The fourth-order valence-corrected chi connectivity index (χ4v) is 1.84. The molecule has 0 amide bonds. The average molecular weight is 206 g/mol. The monoisotopic (exact) mass is 206 g/mol. The van der Waals surface area contributed by atoms with Crippen molar-refractivity contribution in [3.63, 3.8) is 0 Å². The summed E-state index contributed by atoms with van der Waals surface area (Å²) in [5, 5.41) is 3.40. The Morgan fingerprint density at radius 2 is 2.20 bits per heavy atom. The third-order valence-electron chi connectivity index (χ3n) is 2.53.